The smallest absolute Gasteiger partial charge is 0.309 e. The zero-order chi connectivity index (χ0) is 17.0. The first-order chi connectivity index (χ1) is 11.8. The van der Waals surface area contributed by atoms with Gasteiger partial charge >= 0.3 is 5.97 Å². The molecule has 1 aromatic carbocycles. The van der Waals surface area contributed by atoms with Crippen molar-refractivity contribution in [2.24, 2.45) is 5.92 Å². The Balaban J connectivity index is 1.47. The summed E-state index contributed by atoms with van der Waals surface area (Å²) in [6.45, 7) is 2.68. The Labute approximate surface area is 147 Å². The second kappa shape index (κ2) is 11.1. The molecule has 1 aromatic rings. The molecule has 1 saturated carbocycles. The van der Waals surface area contributed by atoms with Crippen molar-refractivity contribution in [3.63, 3.8) is 0 Å². The maximum Gasteiger partial charge on any atom is 0.309 e. The van der Waals surface area contributed by atoms with Crippen molar-refractivity contribution < 1.29 is 9.53 Å². The number of ether oxygens (including phenoxy) is 1. The molecule has 2 atom stereocenters. The van der Waals surface area contributed by atoms with Crippen LogP contribution in [0.15, 0.2) is 42.5 Å². The van der Waals surface area contributed by atoms with E-state index in [4.69, 9.17) is 4.74 Å². The molecule has 0 bridgehead atoms. The van der Waals surface area contributed by atoms with Crippen LogP contribution in [0.5, 0.6) is 0 Å². The summed E-state index contributed by atoms with van der Waals surface area (Å²) in [5.41, 5.74) is 1.26. The zero-order valence-electron chi connectivity index (χ0n) is 15.1. The predicted molar refractivity (Wildman–Crippen MR) is 100.0 cm³/mol. The molecule has 0 aromatic heterocycles. The number of unbranched alkanes of at least 4 members (excludes halogenated alkanes) is 7. The minimum Gasteiger partial charge on any atom is -0.461 e. The van der Waals surface area contributed by atoms with E-state index in [9.17, 15) is 4.79 Å². The SMILES string of the molecule is CCCCCCCCC/C=C/COC(=O)C1CC1c1ccccc1. The molecule has 0 radical (unpaired) electrons. The molecule has 2 unspecified atom stereocenters. The third-order valence-corrected chi connectivity index (χ3v) is 4.78. The molecule has 2 rings (SSSR count). The first-order valence-electron chi connectivity index (χ1n) is 9.69. The fourth-order valence-corrected chi connectivity index (χ4v) is 3.17. The topological polar surface area (TPSA) is 26.3 Å². The van der Waals surface area contributed by atoms with Crippen molar-refractivity contribution in [3.05, 3.63) is 48.0 Å². The maximum atomic E-state index is 12.0. The van der Waals surface area contributed by atoms with E-state index in [0.717, 1.165) is 12.8 Å². The van der Waals surface area contributed by atoms with Gasteiger partial charge in [0.15, 0.2) is 0 Å². The molecular formula is C22H32O2. The molecule has 1 fully saturated rings. The lowest BCUT2D eigenvalue weighted by atomic mass is 10.1. The second-order valence-corrected chi connectivity index (χ2v) is 6.87. The highest BCUT2D eigenvalue weighted by Crippen LogP contribution is 2.47. The van der Waals surface area contributed by atoms with Crippen LogP contribution in [0, 0.1) is 5.92 Å². The summed E-state index contributed by atoms with van der Waals surface area (Å²) < 4.78 is 5.36. The second-order valence-electron chi connectivity index (χ2n) is 6.87. The van der Waals surface area contributed by atoms with Crippen LogP contribution in [0.25, 0.3) is 0 Å². The van der Waals surface area contributed by atoms with E-state index in [1.54, 1.807) is 0 Å². The van der Waals surface area contributed by atoms with E-state index in [1.807, 2.05) is 24.3 Å². The lowest BCUT2D eigenvalue weighted by Crippen LogP contribution is -2.07. The molecule has 1 aliphatic carbocycles. The van der Waals surface area contributed by atoms with E-state index in [-0.39, 0.29) is 11.9 Å². The Morgan fingerprint density at radius 1 is 1.04 bits per heavy atom. The van der Waals surface area contributed by atoms with Crippen LogP contribution in [0.3, 0.4) is 0 Å². The van der Waals surface area contributed by atoms with Crippen LogP contribution >= 0.6 is 0 Å². The Morgan fingerprint density at radius 3 is 2.50 bits per heavy atom. The molecule has 0 spiro atoms. The summed E-state index contributed by atoms with van der Waals surface area (Å²) in [7, 11) is 0. The molecule has 24 heavy (non-hydrogen) atoms. The van der Waals surface area contributed by atoms with Gasteiger partial charge in [-0.05, 0) is 30.7 Å². The van der Waals surface area contributed by atoms with Gasteiger partial charge in [0, 0.05) is 0 Å². The summed E-state index contributed by atoms with van der Waals surface area (Å²) in [6, 6.07) is 10.3. The van der Waals surface area contributed by atoms with Crippen molar-refractivity contribution >= 4 is 5.97 Å². The van der Waals surface area contributed by atoms with Crippen LogP contribution < -0.4 is 0 Å². The minimum atomic E-state index is -0.0376. The number of hydrogen-bond donors (Lipinski definition) is 0. The third-order valence-electron chi connectivity index (χ3n) is 4.78. The van der Waals surface area contributed by atoms with Crippen LogP contribution in [-0.2, 0) is 9.53 Å². The fraction of sp³-hybridized carbons (Fsp3) is 0.591. The van der Waals surface area contributed by atoms with Crippen molar-refractivity contribution in [2.75, 3.05) is 6.61 Å². The van der Waals surface area contributed by atoms with Crippen molar-refractivity contribution in [1.82, 2.24) is 0 Å². The Hall–Kier alpha value is -1.57. The average Bonchev–Trinajstić information content (AvgIpc) is 3.41. The van der Waals surface area contributed by atoms with Gasteiger partial charge in [-0.25, -0.2) is 0 Å². The number of rotatable bonds is 12. The van der Waals surface area contributed by atoms with E-state index in [1.165, 1.54) is 50.5 Å². The van der Waals surface area contributed by atoms with Gasteiger partial charge in [0.25, 0.3) is 0 Å². The molecule has 0 aliphatic heterocycles. The molecular weight excluding hydrogens is 296 g/mol. The highest BCUT2D eigenvalue weighted by Gasteiger charge is 2.44. The van der Waals surface area contributed by atoms with E-state index < -0.39 is 0 Å². The molecule has 0 saturated heterocycles. The van der Waals surface area contributed by atoms with Gasteiger partial charge in [0.2, 0.25) is 0 Å². The zero-order valence-corrected chi connectivity index (χ0v) is 15.1. The number of carbonyl (C=O) groups is 1. The molecule has 0 amide bonds. The Morgan fingerprint density at radius 2 is 1.75 bits per heavy atom. The fourth-order valence-electron chi connectivity index (χ4n) is 3.17. The van der Waals surface area contributed by atoms with E-state index in [0.29, 0.717) is 12.5 Å². The van der Waals surface area contributed by atoms with Gasteiger partial charge in [0.05, 0.1) is 5.92 Å². The number of carbonyl (C=O) groups excluding carboxylic acids is 1. The number of allylic oxidation sites excluding steroid dienone is 1. The van der Waals surface area contributed by atoms with Crippen LogP contribution in [0.4, 0.5) is 0 Å². The van der Waals surface area contributed by atoms with Crippen molar-refractivity contribution in [2.45, 2.75) is 70.6 Å². The van der Waals surface area contributed by atoms with E-state index in [2.05, 4.69) is 25.1 Å². The van der Waals surface area contributed by atoms with Crippen LogP contribution in [-0.4, -0.2) is 12.6 Å². The summed E-state index contributed by atoms with van der Waals surface area (Å²) in [5, 5.41) is 0. The van der Waals surface area contributed by atoms with Gasteiger partial charge in [-0.3, -0.25) is 4.79 Å². The molecule has 132 valence electrons. The minimum absolute atomic E-state index is 0.0376. The quantitative estimate of drug-likeness (QED) is 0.266. The summed E-state index contributed by atoms with van der Waals surface area (Å²) in [4.78, 5) is 12.0. The largest absolute Gasteiger partial charge is 0.461 e. The number of hydrogen-bond acceptors (Lipinski definition) is 2. The number of benzene rings is 1. The Bertz CT molecular complexity index is 492. The molecule has 0 heterocycles. The summed E-state index contributed by atoms with van der Waals surface area (Å²) in [5.74, 6) is 0.406. The normalized spacial score (nSPS) is 19.5. The summed E-state index contributed by atoms with van der Waals surface area (Å²) in [6.07, 6.45) is 15.5. The van der Waals surface area contributed by atoms with Gasteiger partial charge in [-0.2, -0.15) is 0 Å². The average molecular weight is 328 g/mol. The summed E-state index contributed by atoms with van der Waals surface area (Å²) >= 11 is 0. The van der Waals surface area contributed by atoms with Gasteiger partial charge in [-0.15, -0.1) is 0 Å². The van der Waals surface area contributed by atoms with Crippen molar-refractivity contribution in [1.29, 1.82) is 0 Å². The first kappa shape index (κ1) is 18.8. The monoisotopic (exact) mass is 328 g/mol. The first-order valence-corrected chi connectivity index (χ1v) is 9.69. The predicted octanol–water partition coefficient (Wildman–Crippen LogP) is 6.03. The van der Waals surface area contributed by atoms with Crippen LogP contribution in [0.2, 0.25) is 0 Å². The van der Waals surface area contributed by atoms with Crippen LogP contribution in [0.1, 0.15) is 76.2 Å². The van der Waals surface area contributed by atoms with Gasteiger partial charge in [-0.1, -0.05) is 87.9 Å². The standard InChI is InChI=1S/C22H32O2/c1-2-3-4-5-6-7-8-9-10-14-17-24-22(23)21-18-20(21)19-15-12-11-13-16-19/h10-16,20-21H,2-9,17-18H2,1H3/b14-10+. The molecule has 0 N–H and O–H groups in total. The Kier molecular flexibility index (Phi) is 8.65. The lowest BCUT2D eigenvalue weighted by Gasteiger charge is -2.02. The maximum absolute atomic E-state index is 12.0. The molecule has 2 heteroatoms. The molecule has 1 aliphatic rings. The third kappa shape index (κ3) is 6.90. The number of esters is 1. The highest BCUT2D eigenvalue weighted by molar-refractivity contribution is 5.77. The lowest BCUT2D eigenvalue weighted by molar-refractivity contribution is -0.144. The van der Waals surface area contributed by atoms with Gasteiger partial charge < -0.3 is 4.74 Å². The van der Waals surface area contributed by atoms with E-state index >= 15 is 0 Å². The molecule has 2 nitrogen and oxygen atoms in total. The highest BCUT2D eigenvalue weighted by atomic mass is 16.5. The van der Waals surface area contributed by atoms with Gasteiger partial charge in [0.1, 0.15) is 6.61 Å². The van der Waals surface area contributed by atoms with Crippen molar-refractivity contribution in [3.8, 4) is 0 Å².